The third-order valence-corrected chi connectivity index (χ3v) is 2.96. The van der Waals surface area contributed by atoms with E-state index in [9.17, 15) is 10.1 Å². The highest BCUT2D eigenvalue weighted by atomic mass is 16.6. The van der Waals surface area contributed by atoms with Crippen molar-refractivity contribution in [1.82, 2.24) is 9.88 Å². The lowest BCUT2D eigenvalue weighted by Gasteiger charge is -2.10. The van der Waals surface area contributed by atoms with Crippen molar-refractivity contribution in [2.24, 2.45) is 0 Å². The van der Waals surface area contributed by atoms with E-state index in [-0.39, 0.29) is 5.69 Å². The number of nitrogens with zero attached hydrogens (tertiary/aromatic N) is 3. The van der Waals surface area contributed by atoms with Crippen LogP contribution in [0.1, 0.15) is 11.1 Å². The van der Waals surface area contributed by atoms with E-state index < -0.39 is 4.92 Å². The van der Waals surface area contributed by atoms with Gasteiger partial charge in [-0.15, -0.1) is 0 Å². The van der Waals surface area contributed by atoms with Crippen LogP contribution in [0.5, 0.6) is 0 Å². The molecule has 0 spiro atoms. The first-order valence-corrected chi connectivity index (χ1v) is 6.62. The first-order valence-electron chi connectivity index (χ1n) is 6.62. The zero-order valence-electron chi connectivity index (χ0n) is 12.1. The summed E-state index contributed by atoms with van der Waals surface area (Å²) in [6.45, 7) is 1.39. The van der Waals surface area contributed by atoms with Gasteiger partial charge >= 0.3 is 5.69 Å². The van der Waals surface area contributed by atoms with Crippen molar-refractivity contribution in [3.63, 3.8) is 0 Å². The van der Waals surface area contributed by atoms with Gasteiger partial charge < -0.3 is 10.2 Å². The molecule has 6 nitrogen and oxygen atoms in total. The highest BCUT2D eigenvalue weighted by Gasteiger charge is 2.13. The zero-order valence-corrected chi connectivity index (χ0v) is 12.1. The predicted molar refractivity (Wildman–Crippen MR) is 82.1 cm³/mol. The molecule has 1 aromatic heterocycles. The Hall–Kier alpha value is -2.47. The SMILES string of the molecule is CN(C)Cc1ccc(CNc2ncccc2[N+](=O)[O-])cc1. The summed E-state index contributed by atoms with van der Waals surface area (Å²) in [6.07, 6.45) is 1.54. The monoisotopic (exact) mass is 286 g/mol. The second kappa shape index (κ2) is 6.81. The minimum absolute atomic E-state index is 0.0123. The molecule has 110 valence electrons. The summed E-state index contributed by atoms with van der Waals surface area (Å²) >= 11 is 0. The number of benzene rings is 1. The van der Waals surface area contributed by atoms with E-state index in [1.165, 1.54) is 17.8 Å². The van der Waals surface area contributed by atoms with Crippen LogP contribution in [0.15, 0.2) is 42.6 Å². The molecule has 0 aliphatic heterocycles. The van der Waals surface area contributed by atoms with Crippen LogP contribution in [0, 0.1) is 10.1 Å². The molecular formula is C15H18N4O2. The van der Waals surface area contributed by atoms with Crippen molar-refractivity contribution < 1.29 is 4.92 Å². The Morgan fingerprint density at radius 3 is 2.48 bits per heavy atom. The Labute approximate surface area is 123 Å². The number of nitrogens with one attached hydrogen (secondary N) is 1. The van der Waals surface area contributed by atoms with E-state index >= 15 is 0 Å². The largest absolute Gasteiger partial charge is 0.360 e. The lowest BCUT2D eigenvalue weighted by molar-refractivity contribution is -0.384. The van der Waals surface area contributed by atoms with Gasteiger partial charge in [-0.2, -0.15) is 0 Å². The fourth-order valence-corrected chi connectivity index (χ4v) is 1.99. The highest BCUT2D eigenvalue weighted by Crippen LogP contribution is 2.21. The fourth-order valence-electron chi connectivity index (χ4n) is 1.99. The van der Waals surface area contributed by atoms with E-state index in [2.05, 4.69) is 27.3 Å². The van der Waals surface area contributed by atoms with Gasteiger partial charge in [0.1, 0.15) is 0 Å². The van der Waals surface area contributed by atoms with Gasteiger partial charge in [-0.3, -0.25) is 10.1 Å². The van der Waals surface area contributed by atoms with Crippen LogP contribution < -0.4 is 5.32 Å². The molecule has 0 aliphatic carbocycles. The Bertz CT molecular complexity index is 611. The van der Waals surface area contributed by atoms with Crippen LogP contribution in [0.4, 0.5) is 11.5 Å². The van der Waals surface area contributed by atoms with Crippen molar-refractivity contribution in [3.8, 4) is 0 Å². The summed E-state index contributed by atoms with van der Waals surface area (Å²) in [7, 11) is 4.05. The number of pyridine rings is 1. The Balaban J connectivity index is 2.02. The molecule has 1 heterocycles. The number of rotatable bonds is 6. The lowest BCUT2D eigenvalue weighted by atomic mass is 10.1. The second-order valence-electron chi connectivity index (χ2n) is 5.04. The molecule has 0 saturated heterocycles. The van der Waals surface area contributed by atoms with E-state index in [0.717, 1.165) is 12.1 Å². The maximum Gasteiger partial charge on any atom is 0.311 e. The predicted octanol–water partition coefficient (Wildman–Crippen LogP) is 2.66. The minimum atomic E-state index is -0.435. The standard InChI is InChI=1S/C15H18N4O2/c1-18(2)11-13-7-5-12(6-8-13)10-17-15-14(19(20)21)4-3-9-16-15/h3-9H,10-11H2,1-2H3,(H,16,17). The fraction of sp³-hybridized carbons (Fsp3) is 0.267. The molecule has 1 N–H and O–H groups in total. The van der Waals surface area contributed by atoms with Crippen LogP contribution in [0.3, 0.4) is 0 Å². The maximum atomic E-state index is 10.9. The summed E-state index contributed by atoms with van der Waals surface area (Å²) in [5.41, 5.74) is 2.27. The van der Waals surface area contributed by atoms with Crippen molar-refractivity contribution >= 4 is 11.5 Å². The van der Waals surface area contributed by atoms with Crippen molar-refractivity contribution in [1.29, 1.82) is 0 Å². The van der Waals surface area contributed by atoms with Gasteiger partial charge in [0.15, 0.2) is 0 Å². The van der Waals surface area contributed by atoms with Gasteiger partial charge in [0.05, 0.1) is 4.92 Å². The minimum Gasteiger partial charge on any atom is -0.360 e. The molecule has 2 aromatic rings. The molecule has 0 bridgehead atoms. The quantitative estimate of drug-likeness (QED) is 0.653. The molecule has 1 aromatic carbocycles. The zero-order chi connectivity index (χ0) is 15.2. The highest BCUT2D eigenvalue weighted by molar-refractivity contribution is 5.55. The molecule has 0 radical (unpaired) electrons. The topological polar surface area (TPSA) is 71.3 Å². The van der Waals surface area contributed by atoms with Gasteiger partial charge in [-0.1, -0.05) is 24.3 Å². The van der Waals surface area contributed by atoms with Crippen molar-refractivity contribution in [2.75, 3.05) is 19.4 Å². The van der Waals surface area contributed by atoms with Gasteiger partial charge in [0.25, 0.3) is 0 Å². The van der Waals surface area contributed by atoms with E-state index in [0.29, 0.717) is 12.4 Å². The van der Waals surface area contributed by atoms with E-state index in [1.807, 2.05) is 26.2 Å². The van der Waals surface area contributed by atoms with Crippen LogP contribution in [-0.4, -0.2) is 28.9 Å². The van der Waals surface area contributed by atoms with Crippen LogP contribution in [0.25, 0.3) is 0 Å². The van der Waals surface area contributed by atoms with Gasteiger partial charge in [-0.25, -0.2) is 4.98 Å². The number of hydrogen-bond acceptors (Lipinski definition) is 5. The molecule has 0 unspecified atom stereocenters. The average molecular weight is 286 g/mol. The smallest absolute Gasteiger partial charge is 0.311 e. The summed E-state index contributed by atoms with van der Waals surface area (Å²) in [5.74, 6) is 0.292. The first-order chi connectivity index (χ1) is 10.1. The molecule has 6 heteroatoms. The third kappa shape index (κ3) is 4.25. The lowest BCUT2D eigenvalue weighted by Crippen LogP contribution is -2.10. The molecule has 0 atom stereocenters. The number of nitro groups is 1. The molecular weight excluding hydrogens is 268 g/mol. The summed E-state index contributed by atoms with van der Waals surface area (Å²) < 4.78 is 0. The second-order valence-corrected chi connectivity index (χ2v) is 5.04. The van der Waals surface area contributed by atoms with Gasteiger partial charge in [0.2, 0.25) is 5.82 Å². The van der Waals surface area contributed by atoms with Crippen molar-refractivity contribution in [2.45, 2.75) is 13.1 Å². The molecule has 2 rings (SSSR count). The number of anilines is 1. The van der Waals surface area contributed by atoms with Crippen LogP contribution in [0.2, 0.25) is 0 Å². The molecule has 0 fully saturated rings. The van der Waals surface area contributed by atoms with E-state index in [4.69, 9.17) is 0 Å². The van der Waals surface area contributed by atoms with Crippen molar-refractivity contribution in [3.05, 3.63) is 63.8 Å². The van der Waals surface area contributed by atoms with Gasteiger partial charge in [-0.05, 0) is 31.3 Å². The molecule has 0 amide bonds. The van der Waals surface area contributed by atoms with Gasteiger partial charge in [0, 0.05) is 25.4 Å². The Morgan fingerprint density at radius 1 is 1.19 bits per heavy atom. The van der Waals surface area contributed by atoms with E-state index in [1.54, 1.807) is 6.07 Å². The first kappa shape index (κ1) is 14.9. The normalized spacial score (nSPS) is 10.6. The molecule has 0 saturated carbocycles. The number of hydrogen-bond donors (Lipinski definition) is 1. The Morgan fingerprint density at radius 2 is 1.86 bits per heavy atom. The average Bonchev–Trinajstić information content (AvgIpc) is 2.46. The molecule has 0 aliphatic rings. The molecule has 21 heavy (non-hydrogen) atoms. The number of aromatic nitrogens is 1. The van der Waals surface area contributed by atoms with Crippen LogP contribution >= 0.6 is 0 Å². The third-order valence-electron chi connectivity index (χ3n) is 2.96. The summed E-state index contributed by atoms with van der Waals surface area (Å²) in [5, 5.41) is 13.9. The maximum absolute atomic E-state index is 10.9. The Kier molecular flexibility index (Phi) is 4.84. The van der Waals surface area contributed by atoms with Crippen LogP contribution in [-0.2, 0) is 13.1 Å². The summed E-state index contributed by atoms with van der Waals surface area (Å²) in [4.78, 5) is 16.6. The summed E-state index contributed by atoms with van der Waals surface area (Å²) in [6, 6.07) is 11.1.